The third-order valence-corrected chi connectivity index (χ3v) is 5.10. The molecule has 0 bridgehead atoms. The van der Waals surface area contributed by atoms with E-state index in [1.165, 1.54) is 32.1 Å². The second kappa shape index (κ2) is 8.16. The first-order valence-electron chi connectivity index (χ1n) is 8.53. The first kappa shape index (κ1) is 16.8. The molecule has 1 aromatic heterocycles. The molecule has 1 aliphatic carbocycles. The van der Waals surface area contributed by atoms with Crippen LogP contribution in [0, 0.1) is 11.8 Å². The topological polar surface area (TPSA) is 45.2 Å². The lowest BCUT2D eigenvalue weighted by atomic mass is 9.81. The van der Waals surface area contributed by atoms with Crippen molar-refractivity contribution in [1.29, 1.82) is 0 Å². The molecule has 1 unspecified atom stereocenters. The molecule has 0 saturated heterocycles. The Morgan fingerprint density at radius 3 is 2.59 bits per heavy atom. The van der Waals surface area contributed by atoms with Gasteiger partial charge in [0.1, 0.15) is 0 Å². The van der Waals surface area contributed by atoms with Crippen LogP contribution in [0.15, 0.2) is 24.4 Å². The Kier molecular flexibility index (Phi) is 6.22. The predicted octanol–water partition coefficient (Wildman–Crippen LogP) is 4.00. The van der Waals surface area contributed by atoms with Gasteiger partial charge in [-0.15, -0.1) is 0 Å². The lowest BCUT2D eigenvalue weighted by Gasteiger charge is -2.29. The molecule has 1 atom stereocenters. The Bertz CT molecular complexity index is 455. The summed E-state index contributed by atoms with van der Waals surface area (Å²) in [5, 5.41) is 3.09. The Morgan fingerprint density at radius 2 is 2.00 bits per heavy atom. The van der Waals surface area contributed by atoms with E-state index in [0.717, 1.165) is 18.2 Å². The smallest absolute Gasteiger partial charge is 0.317 e. The summed E-state index contributed by atoms with van der Waals surface area (Å²) in [6.07, 6.45) is 8.19. The van der Waals surface area contributed by atoms with Crippen molar-refractivity contribution >= 4 is 6.03 Å². The number of hydrogen-bond donors (Lipinski definition) is 1. The first-order valence-corrected chi connectivity index (χ1v) is 8.53. The normalized spacial score (nSPS) is 22.9. The van der Waals surface area contributed by atoms with Gasteiger partial charge < -0.3 is 10.2 Å². The van der Waals surface area contributed by atoms with Gasteiger partial charge >= 0.3 is 6.03 Å². The molecule has 1 aromatic rings. The number of rotatable bonds is 5. The average molecular weight is 303 g/mol. The van der Waals surface area contributed by atoms with Crippen molar-refractivity contribution in [2.75, 3.05) is 13.6 Å². The molecule has 0 spiro atoms. The fraction of sp³-hybridized carbons (Fsp3) is 0.667. The number of nitrogens with zero attached hydrogens (tertiary/aromatic N) is 2. The summed E-state index contributed by atoms with van der Waals surface area (Å²) in [5.74, 6) is 1.55. The SMILES string of the molecule is CCC1CCC(CNC(=O)N(C)C(C)c2ccccn2)CC1. The summed E-state index contributed by atoms with van der Waals surface area (Å²) >= 11 is 0. The van der Waals surface area contributed by atoms with E-state index in [-0.39, 0.29) is 12.1 Å². The van der Waals surface area contributed by atoms with Crippen molar-refractivity contribution in [2.24, 2.45) is 11.8 Å². The highest BCUT2D eigenvalue weighted by atomic mass is 16.2. The first-order chi connectivity index (χ1) is 10.6. The lowest BCUT2D eigenvalue weighted by molar-refractivity contribution is 0.187. The summed E-state index contributed by atoms with van der Waals surface area (Å²) in [6, 6.07) is 5.79. The van der Waals surface area contributed by atoms with Crippen molar-refractivity contribution in [3.05, 3.63) is 30.1 Å². The van der Waals surface area contributed by atoms with Crippen LogP contribution in [-0.4, -0.2) is 29.5 Å². The van der Waals surface area contributed by atoms with Crippen LogP contribution in [0.5, 0.6) is 0 Å². The minimum atomic E-state index is -0.0166. The minimum absolute atomic E-state index is 0.00392. The second-order valence-corrected chi connectivity index (χ2v) is 6.52. The van der Waals surface area contributed by atoms with Crippen molar-refractivity contribution in [1.82, 2.24) is 15.2 Å². The van der Waals surface area contributed by atoms with E-state index in [1.807, 2.05) is 32.2 Å². The van der Waals surface area contributed by atoms with Gasteiger partial charge in [-0.05, 0) is 43.7 Å². The molecule has 0 aromatic carbocycles. The Labute approximate surface area is 134 Å². The molecule has 1 heterocycles. The number of carbonyl (C=O) groups is 1. The molecule has 2 amide bonds. The quantitative estimate of drug-likeness (QED) is 0.893. The van der Waals surface area contributed by atoms with Crippen molar-refractivity contribution < 1.29 is 4.79 Å². The summed E-state index contributed by atoms with van der Waals surface area (Å²) in [7, 11) is 1.84. The maximum atomic E-state index is 12.3. The molecule has 1 saturated carbocycles. The number of carbonyl (C=O) groups excluding carboxylic acids is 1. The van der Waals surface area contributed by atoms with Crippen molar-refractivity contribution in [2.45, 2.75) is 52.0 Å². The van der Waals surface area contributed by atoms with Gasteiger partial charge in [-0.1, -0.05) is 32.3 Å². The number of hydrogen-bond acceptors (Lipinski definition) is 2. The van der Waals surface area contributed by atoms with Gasteiger partial charge in [0.2, 0.25) is 0 Å². The van der Waals surface area contributed by atoms with E-state index in [4.69, 9.17) is 0 Å². The van der Waals surface area contributed by atoms with Gasteiger partial charge in [-0.25, -0.2) is 4.79 Å². The van der Waals surface area contributed by atoms with Crippen LogP contribution in [-0.2, 0) is 0 Å². The zero-order chi connectivity index (χ0) is 15.9. The van der Waals surface area contributed by atoms with Crippen LogP contribution in [0.3, 0.4) is 0 Å². The zero-order valence-corrected chi connectivity index (χ0v) is 14.1. The fourth-order valence-corrected chi connectivity index (χ4v) is 3.20. The molecule has 122 valence electrons. The Hall–Kier alpha value is -1.58. The van der Waals surface area contributed by atoms with Gasteiger partial charge in [0.25, 0.3) is 0 Å². The molecule has 0 aliphatic heterocycles. The molecule has 1 fully saturated rings. The maximum Gasteiger partial charge on any atom is 0.317 e. The van der Waals surface area contributed by atoms with E-state index < -0.39 is 0 Å². The molecule has 4 heteroatoms. The van der Waals surface area contributed by atoms with E-state index in [1.54, 1.807) is 11.1 Å². The number of nitrogens with one attached hydrogen (secondary N) is 1. The molecular weight excluding hydrogens is 274 g/mol. The van der Waals surface area contributed by atoms with Crippen LogP contribution in [0.1, 0.15) is 57.7 Å². The molecule has 4 nitrogen and oxygen atoms in total. The van der Waals surface area contributed by atoms with E-state index in [2.05, 4.69) is 17.2 Å². The van der Waals surface area contributed by atoms with E-state index >= 15 is 0 Å². The highest BCUT2D eigenvalue weighted by Crippen LogP contribution is 2.30. The van der Waals surface area contributed by atoms with Gasteiger partial charge in [-0.2, -0.15) is 0 Å². The number of aromatic nitrogens is 1. The molecular formula is C18H29N3O. The average Bonchev–Trinajstić information content (AvgIpc) is 2.59. The van der Waals surface area contributed by atoms with Crippen LogP contribution in [0.25, 0.3) is 0 Å². The van der Waals surface area contributed by atoms with Gasteiger partial charge in [0, 0.05) is 19.8 Å². The van der Waals surface area contributed by atoms with Crippen LogP contribution in [0.2, 0.25) is 0 Å². The molecule has 1 aliphatic rings. The van der Waals surface area contributed by atoms with Crippen LogP contribution in [0.4, 0.5) is 4.79 Å². The third-order valence-electron chi connectivity index (χ3n) is 5.10. The Balaban J connectivity index is 1.77. The summed E-state index contributed by atoms with van der Waals surface area (Å²) in [5.41, 5.74) is 0.920. The third kappa shape index (κ3) is 4.46. The number of pyridine rings is 1. The lowest BCUT2D eigenvalue weighted by Crippen LogP contribution is -2.41. The largest absolute Gasteiger partial charge is 0.338 e. The van der Waals surface area contributed by atoms with Gasteiger partial charge in [0.15, 0.2) is 0 Å². The van der Waals surface area contributed by atoms with Crippen LogP contribution >= 0.6 is 0 Å². The Morgan fingerprint density at radius 1 is 1.32 bits per heavy atom. The van der Waals surface area contributed by atoms with Crippen molar-refractivity contribution in [3.63, 3.8) is 0 Å². The van der Waals surface area contributed by atoms with E-state index in [9.17, 15) is 4.79 Å². The fourth-order valence-electron chi connectivity index (χ4n) is 3.20. The molecule has 0 radical (unpaired) electrons. The summed E-state index contributed by atoms with van der Waals surface area (Å²) < 4.78 is 0. The highest BCUT2D eigenvalue weighted by Gasteiger charge is 2.22. The maximum absolute atomic E-state index is 12.3. The highest BCUT2D eigenvalue weighted by molar-refractivity contribution is 5.74. The van der Waals surface area contributed by atoms with Gasteiger partial charge in [-0.3, -0.25) is 4.98 Å². The standard InChI is InChI=1S/C18H29N3O/c1-4-15-8-10-16(11-9-15)13-20-18(22)21(3)14(2)17-7-5-6-12-19-17/h5-7,12,14-16H,4,8-11,13H2,1-3H3,(H,20,22). The molecule has 1 N–H and O–H groups in total. The van der Waals surface area contributed by atoms with E-state index in [0.29, 0.717) is 5.92 Å². The van der Waals surface area contributed by atoms with Crippen molar-refractivity contribution in [3.8, 4) is 0 Å². The number of amides is 2. The second-order valence-electron chi connectivity index (χ2n) is 6.52. The summed E-state index contributed by atoms with van der Waals surface area (Å²) in [4.78, 5) is 18.4. The summed E-state index contributed by atoms with van der Waals surface area (Å²) in [6.45, 7) is 5.09. The molecule has 22 heavy (non-hydrogen) atoms. The minimum Gasteiger partial charge on any atom is -0.338 e. The van der Waals surface area contributed by atoms with Gasteiger partial charge in [0.05, 0.1) is 11.7 Å². The number of urea groups is 1. The monoisotopic (exact) mass is 303 g/mol. The molecule has 2 rings (SSSR count). The zero-order valence-electron chi connectivity index (χ0n) is 14.1. The van der Waals surface area contributed by atoms with Crippen LogP contribution < -0.4 is 5.32 Å². The predicted molar refractivity (Wildman–Crippen MR) is 89.6 cm³/mol.